The minimum atomic E-state index is -1.26. The first kappa shape index (κ1) is 47.0. The number of benzene rings is 2. The van der Waals surface area contributed by atoms with E-state index in [1.54, 1.807) is 10.7 Å². The first-order valence-electron chi connectivity index (χ1n) is 18.8. The third kappa shape index (κ3) is 16.9. The highest BCUT2D eigenvalue weighted by Gasteiger charge is 2.37. The van der Waals surface area contributed by atoms with Crippen molar-refractivity contribution in [1.29, 1.82) is 0 Å². The molecule has 0 spiro atoms. The second-order valence-corrected chi connectivity index (χ2v) is 14.8. The van der Waals surface area contributed by atoms with Gasteiger partial charge in [0.15, 0.2) is 5.65 Å². The van der Waals surface area contributed by atoms with Crippen molar-refractivity contribution in [2.45, 2.75) is 77.1 Å². The van der Waals surface area contributed by atoms with Gasteiger partial charge in [0.2, 0.25) is 5.88 Å². The molecule has 0 unspecified atom stereocenters. The van der Waals surface area contributed by atoms with Gasteiger partial charge in [0.05, 0.1) is 24.6 Å². The molecule has 5 rings (SSSR count). The normalized spacial score (nSPS) is 13.7. The van der Waals surface area contributed by atoms with Crippen LogP contribution in [0.4, 0.5) is 0 Å². The molecule has 59 heavy (non-hydrogen) atoms. The van der Waals surface area contributed by atoms with Crippen LogP contribution < -0.4 is 4.74 Å². The summed E-state index contributed by atoms with van der Waals surface area (Å²) in [6.07, 6.45) is 7.12. The van der Waals surface area contributed by atoms with Crippen LogP contribution in [0.1, 0.15) is 76.8 Å². The number of fused-ring (bicyclic) bond motifs is 1. The molecule has 2 aromatic carbocycles. The number of esters is 1. The molecule has 1 saturated heterocycles. The first-order chi connectivity index (χ1) is 27.8. The topological polar surface area (TPSA) is 227 Å². The van der Waals surface area contributed by atoms with Crippen LogP contribution >= 0.6 is 0 Å². The predicted octanol–water partition coefficient (Wildman–Crippen LogP) is 5.81. The molecule has 0 atom stereocenters. The van der Waals surface area contributed by atoms with Crippen molar-refractivity contribution in [3.63, 3.8) is 0 Å². The van der Waals surface area contributed by atoms with Gasteiger partial charge < -0.3 is 39.5 Å². The predicted molar refractivity (Wildman–Crippen MR) is 216 cm³/mol. The molecule has 1 fully saturated rings. The Morgan fingerprint density at radius 2 is 1.24 bits per heavy atom. The van der Waals surface area contributed by atoms with Gasteiger partial charge in [-0.3, -0.25) is 4.79 Å². The number of hydrogen-bond donors (Lipinski definition) is 4. The quantitative estimate of drug-likeness (QED) is 0.0631. The Morgan fingerprint density at radius 1 is 0.746 bits per heavy atom. The van der Waals surface area contributed by atoms with Crippen LogP contribution in [0.25, 0.3) is 5.65 Å². The van der Waals surface area contributed by atoms with E-state index in [9.17, 15) is 24.0 Å². The number of ether oxygens (including phenoxy) is 3. The molecular formula is C43H52N4O12. The van der Waals surface area contributed by atoms with E-state index in [1.165, 1.54) is 11.1 Å². The van der Waals surface area contributed by atoms with Crippen molar-refractivity contribution < 1.29 is 58.6 Å². The highest BCUT2D eigenvalue weighted by atomic mass is 16.6. The van der Waals surface area contributed by atoms with Crippen molar-refractivity contribution in [3.05, 3.63) is 120 Å². The standard InChI is InChI=1S/C35H44N4O4.2C4H4O4/c1-34(2,3)43-33(40)35(4,5)29-25-39-30(36-29)17-18-31(37-39)41-24-12-21-38-22-19-28(20-23-38)42-32(26-13-8-6-9-14-26)27-15-10-7-11-16-27;2*5-3(6)1-2-4(7)8/h6-11,13-18,25,28,32H,12,19-24H2,1-5H3;2*1-2H,(H,5,6)(H,7,8)/b;2*2-1+. The Bertz CT molecular complexity index is 1940. The maximum atomic E-state index is 12.8. The lowest BCUT2D eigenvalue weighted by atomic mass is 9.90. The summed E-state index contributed by atoms with van der Waals surface area (Å²) in [5.74, 6) is -4.81. The fourth-order valence-electron chi connectivity index (χ4n) is 5.57. The monoisotopic (exact) mass is 816 g/mol. The van der Waals surface area contributed by atoms with Gasteiger partial charge in [-0.05, 0) is 71.1 Å². The number of carboxylic acids is 4. The van der Waals surface area contributed by atoms with E-state index in [0.717, 1.165) is 38.9 Å². The maximum Gasteiger partial charge on any atom is 0.328 e. The van der Waals surface area contributed by atoms with E-state index in [-0.39, 0.29) is 18.2 Å². The minimum absolute atomic E-state index is 0.0489. The molecule has 3 heterocycles. The van der Waals surface area contributed by atoms with Crippen molar-refractivity contribution in [2.75, 3.05) is 26.2 Å². The first-order valence-corrected chi connectivity index (χ1v) is 18.8. The fraction of sp³-hybridized carbons (Fsp3) is 0.372. The number of aliphatic carboxylic acids is 4. The van der Waals surface area contributed by atoms with Crippen LogP contribution in [0.3, 0.4) is 0 Å². The molecule has 316 valence electrons. The largest absolute Gasteiger partial charge is 0.478 e. The van der Waals surface area contributed by atoms with E-state index < -0.39 is 34.9 Å². The van der Waals surface area contributed by atoms with Gasteiger partial charge in [-0.25, -0.2) is 28.7 Å². The average molecular weight is 817 g/mol. The fourth-order valence-corrected chi connectivity index (χ4v) is 5.57. The number of aromatic nitrogens is 3. The zero-order valence-corrected chi connectivity index (χ0v) is 33.8. The number of rotatable bonds is 15. The van der Waals surface area contributed by atoms with E-state index in [4.69, 9.17) is 34.6 Å². The van der Waals surface area contributed by atoms with Crippen LogP contribution in [0.2, 0.25) is 0 Å². The number of likely N-dealkylation sites (tertiary alicyclic amines) is 1. The van der Waals surface area contributed by atoms with Gasteiger partial charge in [0.25, 0.3) is 0 Å². The lowest BCUT2D eigenvalue weighted by Crippen LogP contribution is -2.38. The van der Waals surface area contributed by atoms with Gasteiger partial charge in [-0.2, -0.15) is 0 Å². The molecule has 0 bridgehead atoms. The molecular weight excluding hydrogens is 764 g/mol. The van der Waals surface area contributed by atoms with E-state index in [2.05, 4.69) is 63.5 Å². The molecule has 16 heteroatoms. The molecule has 16 nitrogen and oxygen atoms in total. The van der Waals surface area contributed by atoms with Gasteiger partial charge >= 0.3 is 29.8 Å². The van der Waals surface area contributed by atoms with Gasteiger partial charge in [0, 0.05) is 50.0 Å². The highest BCUT2D eigenvalue weighted by molar-refractivity contribution is 5.90. The third-order valence-electron chi connectivity index (χ3n) is 8.52. The Morgan fingerprint density at radius 3 is 1.69 bits per heavy atom. The summed E-state index contributed by atoms with van der Waals surface area (Å²) in [7, 11) is 0. The van der Waals surface area contributed by atoms with Gasteiger partial charge in [-0.1, -0.05) is 60.7 Å². The molecule has 0 aliphatic carbocycles. The number of imidazole rings is 1. The van der Waals surface area contributed by atoms with Crippen LogP contribution in [0.15, 0.2) is 103 Å². The second kappa shape index (κ2) is 22.5. The maximum absolute atomic E-state index is 12.8. The molecule has 2 aromatic heterocycles. The van der Waals surface area contributed by atoms with Crippen LogP contribution in [0.5, 0.6) is 5.88 Å². The van der Waals surface area contributed by atoms with Crippen molar-refractivity contribution >= 4 is 35.5 Å². The molecule has 0 saturated carbocycles. The van der Waals surface area contributed by atoms with Crippen molar-refractivity contribution in [2.24, 2.45) is 0 Å². The van der Waals surface area contributed by atoms with Crippen LogP contribution in [-0.2, 0) is 38.9 Å². The van der Waals surface area contributed by atoms with Crippen LogP contribution in [-0.4, -0.2) is 108 Å². The SMILES string of the molecule is CC(C)(C)OC(=O)C(C)(C)c1cn2nc(OCCCN3CCC(OC(c4ccccc4)c4ccccc4)CC3)ccc2n1.O=C(O)/C=C/C(=O)O.O=C(O)/C=C/C(=O)O. The number of nitrogens with zero attached hydrogens (tertiary/aromatic N) is 4. The van der Waals surface area contributed by atoms with Gasteiger partial charge in [-0.15, -0.1) is 5.10 Å². The third-order valence-corrected chi connectivity index (χ3v) is 8.52. The molecule has 0 amide bonds. The minimum Gasteiger partial charge on any atom is -0.478 e. The van der Waals surface area contributed by atoms with Gasteiger partial charge in [0.1, 0.15) is 17.1 Å². The summed E-state index contributed by atoms with van der Waals surface area (Å²) in [5, 5.41) is 35.8. The summed E-state index contributed by atoms with van der Waals surface area (Å²) in [4.78, 5) is 58.1. The lowest BCUT2D eigenvalue weighted by molar-refractivity contribution is -0.161. The second-order valence-electron chi connectivity index (χ2n) is 14.8. The molecule has 0 radical (unpaired) electrons. The summed E-state index contributed by atoms with van der Waals surface area (Å²) >= 11 is 0. The Labute approximate surface area is 342 Å². The van der Waals surface area contributed by atoms with E-state index >= 15 is 0 Å². The van der Waals surface area contributed by atoms with Crippen LogP contribution in [0, 0.1) is 0 Å². The summed E-state index contributed by atoms with van der Waals surface area (Å²) in [6.45, 7) is 12.8. The lowest BCUT2D eigenvalue weighted by Gasteiger charge is -2.34. The number of piperidine rings is 1. The molecule has 1 aliphatic rings. The Kier molecular flexibility index (Phi) is 17.9. The Balaban J connectivity index is 0.000000490. The van der Waals surface area contributed by atoms with Crippen molar-refractivity contribution in [1.82, 2.24) is 19.5 Å². The Hall–Kier alpha value is -6.39. The average Bonchev–Trinajstić information content (AvgIpc) is 3.63. The van der Waals surface area contributed by atoms with E-state index in [1.807, 2.05) is 58.9 Å². The molecule has 1 aliphatic heterocycles. The zero-order valence-electron chi connectivity index (χ0n) is 33.8. The van der Waals surface area contributed by atoms with Crippen molar-refractivity contribution in [3.8, 4) is 5.88 Å². The zero-order chi connectivity index (χ0) is 43.6. The summed E-state index contributed by atoms with van der Waals surface area (Å²) in [6, 6.07) is 24.7. The highest BCUT2D eigenvalue weighted by Crippen LogP contribution is 2.30. The number of hydrogen-bond acceptors (Lipinski definition) is 11. The number of carboxylic acid groups (broad SMARTS) is 4. The van der Waals surface area contributed by atoms with E-state index in [0.29, 0.717) is 48.1 Å². The summed E-state index contributed by atoms with van der Waals surface area (Å²) < 4.78 is 20.0. The molecule has 4 aromatic rings. The number of carbonyl (C=O) groups is 5. The smallest absolute Gasteiger partial charge is 0.328 e. The molecule has 4 N–H and O–H groups in total. The summed E-state index contributed by atoms with van der Waals surface area (Å²) in [5.41, 5.74) is 2.19. The number of carbonyl (C=O) groups excluding carboxylic acids is 1.